The van der Waals surface area contributed by atoms with Gasteiger partial charge in [0.15, 0.2) is 6.17 Å². The van der Waals surface area contributed by atoms with Crippen LogP contribution in [0.3, 0.4) is 0 Å². The van der Waals surface area contributed by atoms with E-state index in [0.717, 1.165) is 6.54 Å². The van der Waals surface area contributed by atoms with E-state index in [1.807, 2.05) is 32.7 Å². The molecule has 0 aliphatic rings. The maximum atomic E-state index is 13.7. The third kappa shape index (κ3) is 11.3. The molecule has 0 aromatic carbocycles. The number of alkyl halides is 2. The number of rotatable bonds is 7. The van der Waals surface area contributed by atoms with Crippen molar-refractivity contribution in [2.75, 3.05) is 33.4 Å². The van der Waals surface area contributed by atoms with E-state index in [1.54, 1.807) is 0 Å². The summed E-state index contributed by atoms with van der Waals surface area (Å²) in [6.07, 6.45) is -3.04. The normalized spacial score (nSPS) is 16.7. The van der Waals surface area contributed by atoms with Gasteiger partial charge in [-0.2, -0.15) is 0 Å². The highest BCUT2D eigenvalue weighted by Gasteiger charge is 2.24. The Kier molecular flexibility index (Phi) is 7.45. The Hall–Kier alpha value is -0.220. The first kappa shape index (κ1) is 18.8. The first-order valence-electron chi connectivity index (χ1n) is 6.95. The Morgan fingerprint density at radius 1 is 0.947 bits per heavy atom. The summed E-state index contributed by atoms with van der Waals surface area (Å²) < 4.78 is 32.6. The van der Waals surface area contributed by atoms with Crippen LogP contribution in [0.15, 0.2) is 0 Å². The standard InChI is InChI=1S/C15H31F2NO/c1-14(2,3)10-18(7)8-12(16)13(17)9-19-11-15(4,5)6/h12-13H,8-11H2,1-7H3. The van der Waals surface area contributed by atoms with Crippen LogP contribution in [0.25, 0.3) is 0 Å². The number of ether oxygens (including phenoxy) is 1. The molecule has 0 N–H and O–H groups in total. The van der Waals surface area contributed by atoms with Gasteiger partial charge in [-0.25, -0.2) is 8.78 Å². The van der Waals surface area contributed by atoms with Gasteiger partial charge in [-0.05, 0) is 17.9 Å². The third-order valence-electron chi connectivity index (χ3n) is 2.43. The Bertz CT molecular complexity index is 246. The zero-order valence-electron chi connectivity index (χ0n) is 13.6. The van der Waals surface area contributed by atoms with Crippen LogP contribution in [0.4, 0.5) is 8.78 Å². The molecule has 0 amide bonds. The number of nitrogens with zero attached hydrogens (tertiary/aromatic N) is 1. The highest BCUT2D eigenvalue weighted by atomic mass is 19.2. The van der Waals surface area contributed by atoms with Gasteiger partial charge in [0.05, 0.1) is 13.2 Å². The summed E-state index contributed by atoms with van der Waals surface area (Å²) in [5.74, 6) is 0. The van der Waals surface area contributed by atoms with Gasteiger partial charge in [0, 0.05) is 13.1 Å². The summed E-state index contributed by atoms with van der Waals surface area (Å²) >= 11 is 0. The molecule has 0 spiro atoms. The lowest BCUT2D eigenvalue weighted by molar-refractivity contribution is 0.00351. The summed E-state index contributed by atoms with van der Waals surface area (Å²) in [7, 11) is 1.82. The molecule has 2 unspecified atom stereocenters. The van der Waals surface area contributed by atoms with Crippen molar-refractivity contribution in [1.82, 2.24) is 4.90 Å². The largest absolute Gasteiger partial charge is 0.378 e. The molecule has 4 heteroatoms. The molecule has 0 radical (unpaired) electrons. The van der Waals surface area contributed by atoms with Gasteiger partial charge < -0.3 is 9.64 Å². The van der Waals surface area contributed by atoms with Gasteiger partial charge in [-0.15, -0.1) is 0 Å². The Morgan fingerprint density at radius 2 is 1.47 bits per heavy atom. The molecule has 0 fully saturated rings. The molecule has 0 bridgehead atoms. The minimum Gasteiger partial charge on any atom is -0.378 e. The highest BCUT2D eigenvalue weighted by Crippen LogP contribution is 2.17. The predicted molar refractivity (Wildman–Crippen MR) is 77.0 cm³/mol. The van der Waals surface area contributed by atoms with Gasteiger partial charge in [-0.3, -0.25) is 0 Å². The van der Waals surface area contributed by atoms with E-state index in [4.69, 9.17) is 4.74 Å². The van der Waals surface area contributed by atoms with Crippen LogP contribution in [-0.4, -0.2) is 50.6 Å². The summed E-state index contributed by atoms with van der Waals surface area (Å²) in [5, 5.41) is 0. The molecule has 116 valence electrons. The first-order valence-corrected chi connectivity index (χ1v) is 6.95. The summed E-state index contributed by atoms with van der Waals surface area (Å²) in [6.45, 7) is 13.4. The molecule has 0 saturated carbocycles. The van der Waals surface area contributed by atoms with Crippen LogP contribution in [-0.2, 0) is 4.74 Å². The monoisotopic (exact) mass is 279 g/mol. The SMILES string of the molecule is CN(CC(F)C(F)COCC(C)(C)C)CC(C)(C)C. The molecule has 0 saturated heterocycles. The fourth-order valence-electron chi connectivity index (χ4n) is 1.87. The first-order chi connectivity index (χ1) is 8.41. The van der Waals surface area contributed by atoms with E-state index in [1.165, 1.54) is 0 Å². The van der Waals surface area contributed by atoms with E-state index in [-0.39, 0.29) is 24.0 Å². The lowest BCUT2D eigenvalue weighted by Crippen LogP contribution is -2.38. The zero-order chi connectivity index (χ0) is 15.3. The lowest BCUT2D eigenvalue weighted by atomic mass is 9.96. The van der Waals surface area contributed by atoms with Gasteiger partial charge in [0.2, 0.25) is 0 Å². The molecule has 0 aromatic heterocycles. The van der Waals surface area contributed by atoms with Crippen LogP contribution in [0.5, 0.6) is 0 Å². The quantitative estimate of drug-likeness (QED) is 0.704. The van der Waals surface area contributed by atoms with Crippen molar-refractivity contribution in [3.63, 3.8) is 0 Å². The topological polar surface area (TPSA) is 12.5 Å². The average molecular weight is 279 g/mol. The summed E-state index contributed by atoms with van der Waals surface area (Å²) in [6, 6.07) is 0. The van der Waals surface area contributed by atoms with Crippen molar-refractivity contribution in [1.29, 1.82) is 0 Å². The molecular formula is C15H31F2NO. The van der Waals surface area contributed by atoms with Crippen LogP contribution in [0, 0.1) is 10.8 Å². The second-order valence-electron chi connectivity index (χ2n) is 7.87. The van der Waals surface area contributed by atoms with Crippen molar-refractivity contribution in [2.24, 2.45) is 10.8 Å². The van der Waals surface area contributed by atoms with Crippen molar-refractivity contribution in [2.45, 2.75) is 53.9 Å². The van der Waals surface area contributed by atoms with Gasteiger partial charge in [0.1, 0.15) is 6.17 Å². The summed E-state index contributed by atoms with van der Waals surface area (Å²) in [4.78, 5) is 1.83. The van der Waals surface area contributed by atoms with Crippen molar-refractivity contribution in [3.05, 3.63) is 0 Å². The molecular weight excluding hydrogens is 248 g/mol. The van der Waals surface area contributed by atoms with E-state index < -0.39 is 12.3 Å². The van der Waals surface area contributed by atoms with Gasteiger partial charge >= 0.3 is 0 Å². The summed E-state index contributed by atoms with van der Waals surface area (Å²) in [5.41, 5.74) is 0.0670. The molecule has 0 heterocycles. The molecule has 0 aliphatic heterocycles. The average Bonchev–Trinajstić information content (AvgIpc) is 2.11. The van der Waals surface area contributed by atoms with E-state index in [9.17, 15) is 8.78 Å². The second-order valence-corrected chi connectivity index (χ2v) is 7.87. The lowest BCUT2D eigenvalue weighted by Gasteiger charge is -2.28. The molecule has 0 rings (SSSR count). The fourth-order valence-corrected chi connectivity index (χ4v) is 1.87. The number of halogens is 2. The van der Waals surface area contributed by atoms with Crippen LogP contribution in [0.2, 0.25) is 0 Å². The van der Waals surface area contributed by atoms with Crippen molar-refractivity contribution >= 4 is 0 Å². The smallest absolute Gasteiger partial charge is 0.156 e. The maximum absolute atomic E-state index is 13.7. The Balaban J connectivity index is 3.96. The Morgan fingerprint density at radius 3 is 1.89 bits per heavy atom. The van der Waals surface area contributed by atoms with E-state index in [2.05, 4.69) is 20.8 Å². The Labute approximate surface area is 117 Å². The molecule has 2 atom stereocenters. The molecule has 2 nitrogen and oxygen atoms in total. The predicted octanol–water partition coefficient (Wildman–Crippen LogP) is 3.70. The molecule has 19 heavy (non-hydrogen) atoms. The minimum atomic E-state index is -1.55. The molecule has 0 aliphatic carbocycles. The van der Waals surface area contributed by atoms with E-state index >= 15 is 0 Å². The zero-order valence-corrected chi connectivity index (χ0v) is 13.6. The maximum Gasteiger partial charge on any atom is 0.156 e. The van der Waals surface area contributed by atoms with E-state index in [0.29, 0.717) is 6.61 Å². The van der Waals surface area contributed by atoms with Crippen molar-refractivity contribution < 1.29 is 13.5 Å². The third-order valence-corrected chi connectivity index (χ3v) is 2.43. The van der Waals surface area contributed by atoms with Crippen LogP contribution in [0.1, 0.15) is 41.5 Å². The van der Waals surface area contributed by atoms with Crippen molar-refractivity contribution in [3.8, 4) is 0 Å². The number of hydrogen-bond acceptors (Lipinski definition) is 2. The minimum absolute atomic E-state index is 0.0193. The molecule has 0 aromatic rings. The highest BCUT2D eigenvalue weighted by molar-refractivity contribution is 4.74. The van der Waals surface area contributed by atoms with Crippen LogP contribution >= 0.6 is 0 Å². The fraction of sp³-hybridized carbons (Fsp3) is 1.00. The van der Waals surface area contributed by atoms with Crippen LogP contribution < -0.4 is 0 Å². The van der Waals surface area contributed by atoms with Gasteiger partial charge in [0.25, 0.3) is 0 Å². The van der Waals surface area contributed by atoms with Gasteiger partial charge in [-0.1, -0.05) is 41.5 Å². The number of hydrogen-bond donors (Lipinski definition) is 0. The second kappa shape index (κ2) is 7.53.